The van der Waals surface area contributed by atoms with Crippen molar-refractivity contribution in [1.29, 1.82) is 5.26 Å². The minimum atomic E-state index is -0.476. The van der Waals surface area contributed by atoms with Gasteiger partial charge < -0.3 is 42.0 Å². The van der Waals surface area contributed by atoms with E-state index < -0.39 is 25.0 Å². The number of hydrogen-bond donors (Lipinski definition) is 8. The fourth-order valence-corrected chi connectivity index (χ4v) is 4.21. The van der Waals surface area contributed by atoms with Crippen molar-refractivity contribution < 1.29 is 35.2 Å². The third kappa shape index (κ3) is 8.53. The Hall–Kier alpha value is -6.04. The lowest BCUT2D eigenvalue weighted by atomic mass is 10.1. The Morgan fingerprint density at radius 1 is 0.848 bits per heavy atom. The van der Waals surface area contributed by atoms with Gasteiger partial charge in [-0.25, -0.2) is 0 Å². The number of pyridine rings is 2. The van der Waals surface area contributed by atoms with E-state index in [9.17, 15) is 30.0 Å². The molecule has 0 spiro atoms. The molecular formula is C32H33N7O7. The van der Waals surface area contributed by atoms with Crippen LogP contribution in [-0.2, 0) is 26.3 Å². The van der Waals surface area contributed by atoms with Crippen molar-refractivity contribution in [3.05, 3.63) is 117 Å². The smallest absolute Gasteiger partial charge is 0.253 e. The van der Waals surface area contributed by atoms with E-state index in [-0.39, 0.29) is 52.7 Å². The van der Waals surface area contributed by atoms with Crippen LogP contribution in [0.25, 0.3) is 0 Å². The summed E-state index contributed by atoms with van der Waals surface area (Å²) in [4.78, 5) is 32.3. The number of aromatic nitrogens is 2. The summed E-state index contributed by atoms with van der Waals surface area (Å²) in [6.07, 6.45) is 2.63. The van der Waals surface area contributed by atoms with Crippen molar-refractivity contribution in [1.82, 2.24) is 20.6 Å². The quantitative estimate of drug-likeness (QED) is 0.0577. The van der Waals surface area contributed by atoms with Crippen LogP contribution < -0.4 is 16.4 Å². The number of aliphatic hydroxyl groups excluding tert-OH is 2. The number of oxime groups is 1. The van der Waals surface area contributed by atoms with E-state index in [4.69, 9.17) is 16.2 Å². The van der Waals surface area contributed by atoms with Crippen molar-refractivity contribution in [3.63, 3.8) is 0 Å². The van der Waals surface area contributed by atoms with Gasteiger partial charge in [0, 0.05) is 42.2 Å². The Morgan fingerprint density at radius 2 is 1.33 bits per heavy atom. The van der Waals surface area contributed by atoms with Gasteiger partial charge in [0.1, 0.15) is 11.5 Å². The number of benzene rings is 2. The Kier molecular flexibility index (Phi) is 12.1. The van der Waals surface area contributed by atoms with Crippen LogP contribution in [0.15, 0.2) is 66.1 Å². The van der Waals surface area contributed by atoms with Crippen molar-refractivity contribution in [2.45, 2.75) is 40.2 Å². The van der Waals surface area contributed by atoms with Crippen LogP contribution in [-0.4, -0.2) is 53.3 Å². The van der Waals surface area contributed by atoms with E-state index in [0.717, 1.165) is 11.1 Å². The molecule has 0 radical (unpaired) electrons. The van der Waals surface area contributed by atoms with E-state index in [1.807, 2.05) is 6.07 Å². The van der Waals surface area contributed by atoms with Crippen LogP contribution in [0, 0.1) is 25.2 Å². The summed E-state index contributed by atoms with van der Waals surface area (Å²) in [5.41, 5.74) is 9.28. The van der Waals surface area contributed by atoms with Crippen LogP contribution in [0.4, 0.5) is 0 Å². The number of aliphatic hydroxyl groups is 2. The zero-order chi connectivity index (χ0) is 33.8. The number of nitrogens with two attached hydrogens (primary N) is 1. The van der Waals surface area contributed by atoms with Gasteiger partial charge in [-0.2, -0.15) is 5.26 Å². The van der Waals surface area contributed by atoms with Gasteiger partial charge in [0.15, 0.2) is 5.84 Å². The molecule has 14 heteroatoms. The Balaban J connectivity index is 0.000000251. The maximum absolute atomic E-state index is 12.3. The lowest BCUT2D eigenvalue weighted by Gasteiger charge is -2.11. The molecule has 2 aromatic carbocycles. The molecule has 9 N–H and O–H groups in total. The molecule has 0 saturated heterocycles. The molecule has 14 nitrogen and oxygen atoms in total. The number of amides is 2. The molecule has 4 rings (SSSR count). The van der Waals surface area contributed by atoms with Crippen LogP contribution in [0.5, 0.6) is 11.5 Å². The average Bonchev–Trinajstić information content (AvgIpc) is 3.08. The summed E-state index contributed by atoms with van der Waals surface area (Å²) in [5, 5.41) is 64.2. The minimum absolute atomic E-state index is 0.0293. The first-order chi connectivity index (χ1) is 22.0. The molecule has 2 amide bonds. The van der Waals surface area contributed by atoms with Gasteiger partial charge >= 0.3 is 0 Å². The zero-order valence-corrected chi connectivity index (χ0v) is 25.0. The van der Waals surface area contributed by atoms with Crippen molar-refractivity contribution >= 4 is 17.6 Å². The van der Waals surface area contributed by atoms with Gasteiger partial charge in [-0.3, -0.25) is 19.6 Å². The van der Waals surface area contributed by atoms with Gasteiger partial charge in [0.25, 0.3) is 11.8 Å². The molecule has 0 atom stereocenters. The zero-order valence-electron chi connectivity index (χ0n) is 25.0. The Morgan fingerprint density at radius 3 is 1.78 bits per heavy atom. The number of carbonyl (C=O) groups excluding carboxylic acids is 2. The molecule has 2 aromatic heterocycles. The highest BCUT2D eigenvalue weighted by atomic mass is 16.4. The Labute approximate surface area is 264 Å². The minimum Gasteiger partial charge on any atom is -0.506 e. The van der Waals surface area contributed by atoms with E-state index in [2.05, 4.69) is 25.8 Å². The van der Waals surface area contributed by atoms with Crippen molar-refractivity contribution in [3.8, 4) is 17.6 Å². The third-order valence-corrected chi connectivity index (χ3v) is 6.78. The number of nitriles is 1. The number of nitrogens with one attached hydrogen (secondary N) is 2. The standard InChI is InChI=1S/C16H18N4O4.C16H15N3O3/c1-9-14(22)13(8-21)12(7-18-9)16(23)19-6-10-3-2-4-11(5-10)15(17)20-24;1-10-15(21)14(9-20)13(8-18-10)16(22)19-7-12-4-2-3-11(5-12)6-17/h2-5,7,21-22,24H,6,8H2,1H3,(H2,17,20)(H,19,23);2-5,8,20-21H,7,9H2,1H3,(H,19,22). The molecule has 0 aliphatic heterocycles. The second-order valence-corrected chi connectivity index (χ2v) is 9.85. The summed E-state index contributed by atoms with van der Waals surface area (Å²) in [6, 6.07) is 15.7. The Bertz CT molecular complexity index is 1800. The highest BCUT2D eigenvalue weighted by Crippen LogP contribution is 2.24. The third-order valence-electron chi connectivity index (χ3n) is 6.78. The van der Waals surface area contributed by atoms with E-state index in [1.165, 1.54) is 12.4 Å². The van der Waals surface area contributed by atoms with Gasteiger partial charge in [-0.05, 0) is 43.2 Å². The van der Waals surface area contributed by atoms with Crippen LogP contribution in [0.2, 0.25) is 0 Å². The summed E-state index contributed by atoms with van der Waals surface area (Å²) in [5.74, 6) is -1.33. The van der Waals surface area contributed by atoms with E-state index in [1.54, 1.807) is 62.4 Å². The number of nitrogens with zero attached hydrogens (tertiary/aromatic N) is 4. The molecular weight excluding hydrogens is 594 g/mol. The van der Waals surface area contributed by atoms with Crippen LogP contribution in [0.1, 0.15) is 65.5 Å². The molecule has 0 fully saturated rings. The summed E-state index contributed by atoms with van der Waals surface area (Å²) < 4.78 is 0. The normalized spacial score (nSPS) is 10.7. The highest BCUT2D eigenvalue weighted by molar-refractivity contribution is 5.98. The maximum Gasteiger partial charge on any atom is 0.253 e. The monoisotopic (exact) mass is 627 g/mol. The van der Waals surface area contributed by atoms with Gasteiger partial charge in [0.2, 0.25) is 0 Å². The molecule has 2 heterocycles. The topological polar surface area (TPSA) is 247 Å². The SMILES string of the molecule is Cc1ncc(C(=O)NCc2cccc(/C(N)=N/O)c2)c(CO)c1O.Cc1ncc(C(=O)NCc2cccc(C#N)c2)c(CO)c1O. The van der Waals surface area contributed by atoms with Crippen molar-refractivity contribution in [2.75, 3.05) is 0 Å². The van der Waals surface area contributed by atoms with Crippen molar-refractivity contribution in [2.24, 2.45) is 10.9 Å². The van der Waals surface area contributed by atoms with Gasteiger partial charge in [0.05, 0.1) is 47.4 Å². The summed E-state index contributed by atoms with van der Waals surface area (Å²) in [7, 11) is 0. The fourth-order valence-electron chi connectivity index (χ4n) is 4.21. The molecule has 4 aromatic rings. The lowest BCUT2D eigenvalue weighted by Crippen LogP contribution is -2.24. The number of rotatable bonds is 9. The molecule has 0 bridgehead atoms. The van der Waals surface area contributed by atoms with E-state index in [0.29, 0.717) is 22.5 Å². The first-order valence-electron chi connectivity index (χ1n) is 13.7. The number of carbonyl (C=O) groups is 2. The number of amidine groups is 1. The molecule has 0 aliphatic rings. The second-order valence-electron chi connectivity index (χ2n) is 9.85. The molecule has 238 valence electrons. The number of hydrogen-bond acceptors (Lipinski definition) is 11. The fraction of sp³-hybridized carbons (Fsp3) is 0.188. The highest BCUT2D eigenvalue weighted by Gasteiger charge is 2.18. The molecule has 0 unspecified atom stereocenters. The predicted octanol–water partition coefficient (Wildman–Crippen LogP) is 2.00. The summed E-state index contributed by atoms with van der Waals surface area (Å²) in [6.45, 7) is 2.65. The largest absolute Gasteiger partial charge is 0.506 e. The van der Waals surface area contributed by atoms with Crippen LogP contribution in [0.3, 0.4) is 0 Å². The number of aromatic hydroxyl groups is 2. The first kappa shape index (κ1) is 34.5. The van der Waals surface area contributed by atoms with E-state index >= 15 is 0 Å². The first-order valence-corrected chi connectivity index (χ1v) is 13.7. The van der Waals surface area contributed by atoms with Gasteiger partial charge in [-0.1, -0.05) is 35.5 Å². The maximum atomic E-state index is 12.3. The summed E-state index contributed by atoms with van der Waals surface area (Å²) >= 11 is 0. The van der Waals surface area contributed by atoms with Gasteiger partial charge in [-0.15, -0.1) is 0 Å². The molecule has 0 aliphatic carbocycles. The lowest BCUT2D eigenvalue weighted by molar-refractivity contribution is 0.0939. The average molecular weight is 628 g/mol. The molecule has 46 heavy (non-hydrogen) atoms. The van der Waals surface area contributed by atoms with Crippen LogP contribution >= 0.6 is 0 Å². The predicted molar refractivity (Wildman–Crippen MR) is 166 cm³/mol. The number of aryl methyl sites for hydroxylation is 2. The molecule has 0 saturated carbocycles. The second kappa shape index (κ2) is 16.1.